The second kappa shape index (κ2) is 9.60. The Hall–Kier alpha value is -1.36. The maximum absolute atomic E-state index is 12.9. The molecule has 5 saturated carbocycles. The molecule has 5 fully saturated rings. The van der Waals surface area contributed by atoms with Crippen LogP contribution in [0.4, 0.5) is 0 Å². The number of carboxylic acid groups (broad SMARTS) is 1. The van der Waals surface area contributed by atoms with Crippen LogP contribution in [0.15, 0.2) is 12.2 Å². The van der Waals surface area contributed by atoms with Crippen LogP contribution in [0, 0.1) is 56.7 Å². The first-order chi connectivity index (χ1) is 18.2. The smallest absolute Gasteiger partial charge is 0.309 e. The fraction of sp³-hybridized carbons (Fsp3) is 0.882. The van der Waals surface area contributed by atoms with Gasteiger partial charge in [0, 0.05) is 19.6 Å². The lowest BCUT2D eigenvalue weighted by Crippen LogP contribution is -2.68. The van der Waals surface area contributed by atoms with Crippen molar-refractivity contribution in [3.05, 3.63) is 12.2 Å². The molecule has 5 heteroatoms. The van der Waals surface area contributed by atoms with Crippen molar-refractivity contribution in [1.82, 2.24) is 5.32 Å². The van der Waals surface area contributed by atoms with E-state index in [2.05, 4.69) is 53.4 Å². The maximum atomic E-state index is 12.9. The number of fused-ring (bicyclic) bond motifs is 7. The van der Waals surface area contributed by atoms with Crippen LogP contribution in [-0.4, -0.2) is 36.7 Å². The molecule has 4 unspecified atom stereocenters. The molecule has 10 atom stereocenters. The molecule has 5 nitrogen and oxygen atoms in total. The van der Waals surface area contributed by atoms with E-state index in [0.717, 1.165) is 44.9 Å². The first-order valence-corrected chi connectivity index (χ1v) is 15.9. The largest absolute Gasteiger partial charge is 0.481 e. The normalized spacial score (nSPS) is 48.2. The minimum Gasteiger partial charge on any atom is -0.481 e. The van der Waals surface area contributed by atoms with Crippen molar-refractivity contribution in [3.63, 3.8) is 0 Å². The molecule has 220 valence electrons. The Kier molecular flexibility index (Phi) is 7.17. The highest BCUT2D eigenvalue weighted by molar-refractivity contribution is 5.77. The highest BCUT2D eigenvalue weighted by Crippen LogP contribution is 2.77. The summed E-state index contributed by atoms with van der Waals surface area (Å²) < 4.78 is 5.15. The number of hydrogen-bond donors (Lipinski definition) is 2. The number of allylic oxidation sites excluding steroid dienone is 1. The lowest BCUT2D eigenvalue weighted by Gasteiger charge is -2.73. The van der Waals surface area contributed by atoms with E-state index in [1.54, 1.807) is 7.11 Å². The second-order valence-electron chi connectivity index (χ2n) is 15.9. The third-order valence-electron chi connectivity index (χ3n) is 14.4. The Labute approximate surface area is 237 Å². The minimum atomic E-state index is -0.556. The molecule has 0 radical (unpaired) electrons. The molecule has 0 aromatic carbocycles. The quantitative estimate of drug-likeness (QED) is 0.347. The van der Waals surface area contributed by atoms with Crippen LogP contribution in [-0.2, 0) is 14.3 Å². The summed E-state index contributed by atoms with van der Waals surface area (Å²) in [4.78, 5) is 25.6. The molecule has 5 aliphatic carbocycles. The van der Waals surface area contributed by atoms with Crippen molar-refractivity contribution in [2.24, 2.45) is 56.7 Å². The van der Waals surface area contributed by atoms with Gasteiger partial charge in [-0.15, -0.1) is 0 Å². The van der Waals surface area contributed by atoms with Gasteiger partial charge in [0.05, 0.1) is 12.0 Å². The van der Waals surface area contributed by atoms with Crippen LogP contribution in [0.5, 0.6) is 0 Å². The number of hydrogen-bond acceptors (Lipinski definition) is 3. The summed E-state index contributed by atoms with van der Waals surface area (Å²) in [6, 6.07) is 0.205. The van der Waals surface area contributed by atoms with Gasteiger partial charge in [-0.2, -0.15) is 0 Å². The monoisotopic (exact) mass is 541 g/mol. The number of rotatable bonds is 6. The lowest BCUT2D eigenvalue weighted by atomic mass is 9.32. The second-order valence-corrected chi connectivity index (χ2v) is 15.9. The lowest BCUT2D eigenvalue weighted by molar-refractivity contribution is -0.240. The van der Waals surface area contributed by atoms with E-state index in [1.807, 2.05) is 0 Å². The first kappa shape index (κ1) is 29.1. The van der Waals surface area contributed by atoms with Gasteiger partial charge in [-0.3, -0.25) is 9.59 Å². The highest BCUT2D eigenvalue weighted by Gasteiger charge is 2.72. The molecule has 0 bridgehead atoms. The van der Waals surface area contributed by atoms with E-state index in [4.69, 9.17) is 4.74 Å². The maximum Gasteiger partial charge on any atom is 0.309 e. The van der Waals surface area contributed by atoms with Crippen LogP contribution >= 0.6 is 0 Å². The summed E-state index contributed by atoms with van der Waals surface area (Å²) in [5.41, 5.74) is 1.28. The van der Waals surface area contributed by atoms with Crippen molar-refractivity contribution in [1.29, 1.82) is 0 Å². The number of methoxy groups -OCH3 is 1. The van der Waals surface area contributed by atoms with Gasteiger partial charge in [0.2, 0.25) is 5.91 Å². The van der Waals surface area contributed by atoms with Gasteiger partial charge in [0.1, 0.15) is 0 Å². The minimum absolute atomic E-state index is 0.0380. The van der Waals surface area contributed by atoms with Gasteiger partial charge in [-0.05, 0) is 122 Å². The number of amides is 1. The van der Waals surface area contributed by atoms with E-state index in [1.165, 1.54) is 24.8 Å². The molecule has 0 aliphatic heterocycles. The summed E-state index contributed by atoms with van der Waals surface area (Å²) >= 11 is 0. The zero-order valence-corrected chi connectivity index (χ0v) is 25.8. The first-order valence-electron chi connectivity index (χ1n) is 15.9. The number of aliphatic carboxylic acids is 1. The molecule has 5 rings (SSSR count). The van der Waals surface area contributed by atoms with Crippen LogP contribution in [0.1, 0.15) is 112 Å². The summed E-state index contributed by atoms with van der Waals surface area (Å²) in [6.07, 6.45) is 11.1. The van der Waals surface area contributed by atoms with E-state index >= 15 is 0 Å². The van der Waals surface area contributed by atoms with E-state index in [9.17, 15) is 14.7 Å². The molecule has 0 saturated heterocycles. The molecule has 0 aromatic heterocycles. The summed E-state index contributed by atoms with van der Waals surface area (Å²) in [5, 5.41) is 14.0. The zero-order chi connectivity index (χ0) is 28.6. The van der Waals surface area contributed by atoms with Crippen molar-refractivity contribution in [2.75, 3.05) is 13.7 Å². The molecule has 2 N–H and O–H groups in total. The number of carboxylic acids is 1. The molecular formula is C34H55NO4. The SMILES string of the molecule is C=C(C)C1CC[C@]2(C(=O)O)CC[C@]3(C)[C@H](CCC4[C@@]5(C)CC[C@H](NC(=O)CCOC)C(C)(C)C5CC[C@]43C)C12. The van der Waals surface area contributed by atoms with E-state index < -0.39 is 11.4 Å². The van der Waals surface area contributed by atoms with Crippen molar-refractivity contribution in [3.8, 4) is 0 Å². The Morgan fingerprint density at radius 3 is 2.26 bits per heavy atom. The topological polar surface area (TPSA) is 75.6 Å². The van der Waals surface area contributed by atoms with Crippen LogP contribution in [0.3, 0.4) is 0 Å². The predicted molar refractivity (Wildman–Crippen MR) is 155 cm³/mol. The summed E-state index contributed by atoms with van der Waals surface area (Å²) in [7, 11) is 1.65. The van der Waals surface area contributed by atoms with Gasteiger partial charge >= 0.3 is 5.97 Å². The fourth-order valence-electron chi connectivity index (χ4n) is 12.2. The van der Waals surface area contributed by atoms with Crippen LogP contribution < -0.4 is 5.32 Å². The number of carbonyl (C=O) groups excluding carboxylic acids is 1. The average Bonchev–Trinajstić information content (AvgIpc) is 3.26. The van der Waals surface area contributed by atoms with Gasteiger partial charge < -0.3 is 15.2 Å². The fourth-order valence-corrected chi connectivity index (χ4v) is 12.2. The molecule has 1 amide bonds. The number of ether oxygens (including phenoxy) is 1. The third kappa shape index (κ3) is 3.94. The van der Waals surface area contributed by atoms with Crippen LogP contribution in [0.2, 0.25) is 0 Å². The molecule has 39 heavy (non-hydrogen) atoms. The van der Waals surface area contributed by atoms with Gasteiger partial charge in [0.25, 0.3) is 0 Å². The Morgan fingerprint density at radius 2 is 1.62 bits per heavy atom. The van der Waals surface area contributed by atoms with Gasteiger partial charge in [-0.25, -0.2) is 0 Å². The Morgan fingerprint density at radius 1 is 0.897 bits per heavy atom. The standard InChI is InChI=1S/C34H55NO4/c1-21(2)22-11-17-34(29(37)38)19-18-32(6)23(28(22)34)9-10-25-31(5)15-13-26(35-27(36)14-20-39-8)30(3,4)24(31)12-16-33(25,32)7/h22-26,28H,1,9-20H2,2-8H3,(H,35,36)(H,37,38)/t22?,23-,24?,25?,26+,28?,31+,32-,33-,34+/m1/s1. The van der Waals surface area contributed by atoms with Crippen molar-refractivity contribution < 1.29 is 19.4 Å². The summed E-state index contributed by atoms with van der Waals surface area (Å²) in [5.74, 6) is 1.79. The van der Waals surface area contributed by atoms with Gasteiger partial charge in [-0.1, -0.05) is 46.8 Å². The molecule has 0 heterocycles. The van der Waals surface area contributed by atoms with E-state index in [0.29, 0.717) is 36.7 Å². The molecule has 5 aliphatic rings. The van der Waals surface area contributed by atoms with E-state index in [-0.39, 0.29) is 39.5 Å². The zero-order valence-electron chi connectivity index (χ0n) is 25.8. The average molecular weight is 542 g/mol. The summed E-state index contributed by atoms with van der Waals surface area (Å²) in [6.45, 7) is 19.6. The molecule has 0 spiro atoms. The highest BCUT2D eigenvalue weighted by atomic mass is 16.5. The van der Waals surface area contributed by atoms with Gasteiger partial charge in [0.15, 0.2) is 0 Å². The number of carbonyl (C=O) groups is 2. The molecule has 0 aromatic rings. The van der Waals surface area contributed by atoms with Crippen molar-refractivity contribution >= 4 is 11.9 Å². The molecular weight excluding hydrogens is 486 g/mol. The predicted octanol–water partition coefficient (Wildman–Crippen LogP) is 7.25. The van der Waals surface area contributed by atoms with Crippen molar-refractivity contribution in [2.45, 2.75) is 118 Å². The Bertz CT molecular complexity index is 1020. The third-order valence-corrected chi connectivity index (χ3v) is 14.4. The number of nitrogens with one attached hydrogen (secondary N) is 1. The van der Waals surface area contributed by atoms with Crippen LogP contribution in [0.25, 0.3) is 0 Å². The Balaban J connectivity index is 1.45.